The second-order valence-corrected chi connectivity index (χ2v) is 4.88. The van der Waals surface area contributed by atoms with Gasteiger partial charge in [0.1, 0.15) is 0 Å². The SMILES string of the molecule is CC(NC1CCN(C)CC1)c1ccccc1. The Labute approximate surface area is 98.7 Å². The predicted octanol–water partition coefficient (Wildman–Crippen LogP) is 2.43. The summed E-state index contributed by atoms with van der Waals surface area (Å²) in [6.45, 7) is 4.70. The van der Waals surface area contributed by atoms with Gasteiger partial charge in [0.05, 0.1) is 0 Å². The van der Waals surface area contributed by atoms with E-state index in [2.05, 4.69) is 54.5 Å². The normalized spacial score (nSPS) is 20.9. The zero-order chi connectivity index (χ0) is 11.4. The van der Waals surface area contributed by atoms with Crippen LogP contribution in [0.2, 0.25) is 0 Å². The van der Waals surface area contributed by atoms with E-state index in [1.807, 2.05) is 0 Å². The molecule has 1 aromatic carbocycles. The van der Waals surface area contributed by atoms with Gasteiger partial charge in [-0.05, 0) is 45.5 Å². The average Bonchev–Trinajstić information content (AvgIpc) is 2.33. The van der Waals surface area contributed by atoms with Crippen LogP contribution >= 0.6 is 0 Å². The second kappa shape index (κ2) is 5.46. The number of piperidine rings is 1. The lowest BCUT2D eigenvalue weighted by molar-refractivity contribution is 0.226. The molecule has 1 unspecified atom stereocenters. The fourth-order valence-corrected chi connectivity index (χ4v) is 2.37. The first kappa shape index (κ1) is 11.6. The predicted molar refractivity (Wildman–Crippen MR) is 68.5 cm³/mol. The highest BCUT2D eigenvalue weighted by atomic mass is 15.1. The van der Waals surface area contributed by atoms with E-state index in [4.69, 9.17) is 0 Å². The maximum Gasteiger partial charge on any atom is 0.0294 e. The van der Waals surface area contributed by atoms with Crippen LogP contribution in [0.1, 0.15) is 31.4 Å². The molecule has 0 saturated carbocycles. The summed E-state index contributed by atoms with van der Waals surface area (Å²) < 4.78 is 0. The van der Waals surface area contributed by atoms with Gasteiger partial charge in [0.25, 0.3) is 0 Å². The zero-order valence-electron chi connectivity index (χ0n) is 10.3. The van der Waals surface area contributed by atoms with E-state index in [0.29, 0.717) is 12.1 Å². The molecule has 1 aliphatic rings. The minimum Gasteiger partial charge on any atom is -0.307 e. The van der Waals surface area contributed by atoms with Crippen molar-refractivity contribution in [1.29, 1.82) is 0 Å². The molecule has 2 heteroatoms. The summed E-state index contributed by atoms with van der Waals surface area (Å²) in [4.78, 5) is 2.41. The molecular weight excluding hydrogens is 196 g/mol. The third kappa shape index (κ3) is 3.06. The fraction of sp³-hybridized carbons (Fsp3) is 0.571. The Kier molecular flexibility index (Phi) is 3.97. The molecule has 0 aromatic heterocycles. The largest absolute Gasteiger partial charge is 0.307 e. The Bertz CT molecular complexity index is 302. The highest BCUT2D eigenvalue weighted by Gasteiger charge is 2.18. The van der Waals surface area contributed by atoms with Crippen molar-refractivity contribution >= 4 is 0 Å². The Balaban J connectivity index is 1.86. The van der Waals surface area contributed by atoms with Crippen molar-refractivity contribution in [3.05, 3.63) is 35.9 Å². The van der Waals surface area contributed by atoms with Gasteiger partial charge in [-0.25, -0.2) is 0 Å². The van der Waals surface area contributed by atoms with E-state index in [9.17, 15) is 0 Å². The van der Waals surface area contributed by atoms with Crippen LogP contribution in [0.25, 0.3) is 0 Å². The molecule has 88 valence electrons. The Morgan fingerprint density at radius 3 is 2.44 bits per heavy atom. The van der Waals surface area contributed by atoms with Crippen LogP contribution < -0.4 is 5.32 Å². The van der Waals surface area contributed by atoms with Crippen LogP contribution in [-0.2, 0) is 0 Å². The monoisotopic (exact) mass is 218 g/mol. The summed E-state index contributed by atoms with van der Waals surface area (Å²) >= 11 is 0. The summed E-state index contributed by atoms with van der Waals surface area (Å²) in [5.74, 6) is 0. The number of rotatable bonds is 3. The van der Waals surface area contributed by atoms with Gasteiger partial charge in [-0.1, -0.05) is 30.3 Å². The van der Waals surface area contributed by atoms with Crippen molar-refractivity contribution in [1.82, 2.24) is 10.2 Å². The van der Waals surface area contributed by atoms with E-state index in [1.54, 1.807) is 0 Å². The molecule has 0 bridgehead atoms. The van der Waals surface area contributed by atoms with E-state index >= 15 is 0 Å². The van der Waals surface area contributed by atoms with E-state index < -0.39 is 0 Å². The van der Waals surface area contributed by atoms with Crippen LogP contribution in [0.4, 0.5) is 0 Å². The number of likely N-dealkylation sites (tertiary alicyclic amines) is 1. The number of nitrogens with zero attached hydrogens (tertiary/aromatic N) is 1. The maximum atomic E-state index is 3.73. The maximum absolute atomic E-state index is 3.73. The Morgan fingerprint density at radius 2 is 1.81 bits per heavy atom. The molecule has 2 rings (SSSR count). The van der Waals surface area contributed by atoms with E-state index in [0.717, 1.165) is 0 Å². The van der Waals surface area contributed by atoms with Gasteiger partial charge in [0.15, 0.2) is 0 Å². The number of nitrogens with one attached hydrogen (secondary N) is 1. The lowest BCUT2D eigenvalue weighted by Crippen LogP contribution is -2.41. The van der Waals surface area contributed by atoms with Gasteiger partial charge in [0, 0.05) is 12.1 Å². The van der Waals surface area contributed by atoms with Gasteiger partial charge in [-0.3, -0.25) is 0 Å². The quantitative estimate of drug-likeness (QED) is 0.838. The van der Waals surface area contributed by atoms with Crippen molar-refractivity contribution in [3.63, 3.8) is 0 Å². The summed E-state index contributed by atoms with van der Waals surface area (Å²) in [7, 11) is 2.21. The molecule has 0 spiro atoms. The number of benzene rings is 1. The van der Waals surface area contributed by atoms with Crippen molar-refractivity contribution in [2.45, 2.75) is 31.8 Å². The van der Waals surface area contributed by atoms with Gasteiger partial charge >= 0.3 is 0 Å². The van der Waals surface area contributed by atoms with E-state index in [1.165, 1.54) is 31.5 Å². The highest BCUT2D eigenvalue weighted by molar-refractivity contribution is 5.18. The average molecular weight is 218 g/mol. The topological polar surface area (TPSA) is 15.3 Å². The molecule has 2 nitrogen and oxygen atoms in total. The molecule has 16 heavy (non-hydrogen) atoms. The molecule has 1 saturated heterocycles. The smallest absolute Gasteiger partial charge is 0.0294 e. The van der Waals surface area contributed by atoms with E-state index in [-0.39, 0.29) is 0 Å². The summed E-state index contributed by atoms with van der Waals surface area (Å²) in [6, 6.07) is 11.9. The van der Waals surface area contributed by atoms with Gasteiger partial charge in [-0.15, -0.1) is 0 Å². The third-order valence-electron chi connectivity index (χ3n) is 3.50. The molecule has 1 fully saturated rings. The van der Waals surface area contributed by atoms with Crippen LogP contribution in [0.3, 0.4) is 0 Å². The van der Waals surface area contributed by atoms with Crippen LogP contribution in [0.5, 0.6) is 0 Å². The van der Waals surface area contributed by atoms with Crippen molar-refractivity contribution < 1.29 is 0 Å². The first-order valence-corrected chi connectivity index (χ1v) is 6.25. The minimum absolute atomic E-state index is 0.467. The Hall–Kier alpha value is -0.860. The van der Waals surface area contributed by atoms with Crippen molar-refractivity contribution in [2.75, 3.05) is 20.1 Å². The van der Waals surface area contributed by atoms with Crippen molar-refractivity contribution in [2.24, 2.45) is 0 Å². The van der Waals surface area contributed by atoms with Gasteiger partial charge in [-0.2, -0.15) is 0 Å². The van der Waals surface area contributed by atoms with Crippen LogP contribution in [0.15, 0.2) is 30.3 Å². The molecule has 0 radical (unpaired) electrons. The molecule has 1 heterocycles. The molecule has 1 N–H and O–H groups in total. The molecule has 1 aromatic rings. The summed E-state index contributed by atoms with van der Waals surface area (Å²) in [6.07, 6.45) is 2.54. The first-order chi connectivity index (χ1) is 7.75. The number of hydrogen-bond acceptors (Lipinski definition) is 2. The lowest BCUT2D eigenvalue weighted by atomic mass is 10.0. The minimum atomic E-state index is 0.467. The van der Waals surface area contributed by atoms with Crippen molar-refractivity contribution in [3.8, 4) is 0 Å². The molecular formula is C14H22N2. The van der Waals surface area contributed by atoms with Crippen LogP contribution in [-0.4, -0.2) is 31.1 Å². The third-order valence-corrected chi connectivity index (χ3v) is 3.50. The molecule has 1 aliphatic heterocycles. The molecule has 0 aliphatic carbocycles. The second-order valence-electron chi connectivity index (χ2n) is 4.88. The zero-order valence-corrected chi connectivity index (χ0v) is 10.3. The first-order valence-electron chi connectivity index (χ1n) is 6.25. The molecule has 0 amide bonds. The number of hydrogen-bond donors (Lipinski definition) is 1. The fourth-order valence-electron chi connectivity index (χ4n) is 2.37. The van der Waals surface area contributed by atoms with Gasteiger partial charge in [0.2, 0.25) is 0 Å². The molecule has 1 atom stereocenters. The summed E-state index contributed by atoms with van der Waals surface area (Å²) in [5, 5.41) is 3.73. The standard InChI is InChI=1S/C14H22N2/c1-12(13-6-4-3-5-7-13)15-14-8-10-16(2)11-9-14/h3-7,12,14-15H,8-11H2,1-2H3. The lowest BCUT2D eigenvalue weighted by Gasteiger charge is -2.31. The van der Waals surface area contributed by atoms with Gasteiger partial charge < -0.3 is 10.2 Å². The Morgan fingerprint density at radius 1 is 1.19 bits per heavy atom. The summed E-state index contributed by atoms with van der Waals surface area (Å²) in [5.41, 5.74) is 1.39. The highest BCUT2D eigenvalue weighted by Crippen LogP contribution is 2.16. The van der Waals surface area contributed by atoms with Crippen LogP contribution in [0, 0.1) is 0 Å².